The van der Waals surface area contributed by atoms with E-state index in [9.17, 15) is 9.90 Å². The fraction of sp³-hybridized carbons (Fsp3) is 0.893. The van der Waals surface area contributed by atoms with Crippen molar-refractivity contribution >= 4 is 5.97 Å². The minimum absolute atomic E-state index is 0.0826. The molecule has 0 aliphatic rings. The van der Waals surface area contributed by atoms with Gasteiger partial charge in [-0.05, 0) is 19.3 Å². The van der Waals surface area contributed by atoms with E-state index in [0.717, 1.165) is 25.7 Å². The summed E-state index contributed by atoms with van der Waals surface area (Å²) in [5.41, 5.74) is 5.96. The van der Waals surface area contributed by atoms with Crippen LogP contribution in [0, 0.1) is 0 Å². The molecular weight excluding hydrogens is 398 g/mol. The number of hydrogen-bond donors (Lipinski definition) is 2. The molecule has 2 unspecified atom stereocenters. The maximum absolute atomic E-state index is 11.8. The summed E-state index contributed by atoms with van der Waals surface area (Å²) < 4.78 is 5.23. The van der Waals surface area contributed by atoms with Gasteiger partial charge in [0.15, 0.2) is 0 Å². The number of esters is 1. The average Bonchev–Trinajstić information content (AvgIpc) is 2.79. The number of rotatable bonds is 24. The molecule has 0 spiro atoms. The molecule has 4 nitrogen and oxygen atoms in total. The fourth-order valence-electron chi connectivity index (χ4n) is 3.89. The molecule has 0 bridgehead atoms. The smallest absolute Gasteiger partial charge is 0.305 e. The van der Waals surface area contributed by atoms with Gasteiger partial charge in [-0.1, -0.05) is 129 Å². The van der Waals surface area contributed by atoms with Crippen LogP contribution in [0.15, 0.2) is 12.2 Å². The van der Waals surface area contributed by atoms with Crippen molar-refractivity contribution in [3.05, 3.63) is 12.2 Å². The largest absolute Gasteiger partial charge is 0.464 e. The number of aliphatic hydroxyl groups is 1. The number of nitrogens with two attached hydrogens (primary N) is 1. The van der Waals surface area contributed by atoms with Gasteiger partial charge < -0.3 is 15.6 Å². The monoisotopic (exact) mass is 453 g/mol. The van der Waals surface area contributed by atoms with E-state index in [1.54, 1.807) is 6.08 Å². The van der Waals surface area contributed by atoms with Gasteiger partial charge in [0.1, 0.15) is 6.61 Å². The van der Waals surface area contributed by atoms with E-state index in [1.807, 2.05) is 6.08 Å². The maximum atomic E-state index is 11.8. The van der Waals surface area contributed by atoms with Crippen LogP contribution in [0.3, 0.4) is 0 Å². The van der Waals surface area contributed by atoms with E-state index in [2.05, 4.69) is 13.8 Å². The zero-order valence-electron chi connectivity index (χ0n) is 21.5. The maximum Gasteiger partial charge on any atom is 0.305 e. The topological polar surface area (TPSA) is 72.6 Å². The minimum atomic E-state index is -0.755. The lowest BCUT2D eigenvalue weighted by Gasteiger charge is -2.15. The van der Waals surface area contributed by atoms with Crippen LogP contribution in [0.4, 0.5) is 0 Å². The van der Waals surface area contributed by atoms with Gasteiger partial charge >= 0.3 is 5.97 Å². The molecule has 0 fully saturated rings. The summed E-state index contributed by atoms with van der Waals surface area (Å²) in [6, 6.07) is -0.554. The SMILES string of the molecule is CCCCCCCCCCCCCC=CC(O)C(N)COC(=O)CCCCCCCCC. The quantitative estimate of drug-likeness (QED) is 0.0895. The second kappa shape index (κ2) is 24.8. The number of ether oxygens (including phenoxy) is 1. The molecule has 0 aromatic rings. The van der Waals surface area contributed by atoms with Gasteiger partial charge in [-0.3, -0.25) is 4.79 Å². The van der Waals surface area contributed by atoms with Gasteiger partial charge in [-0.15, -0.1) is 0 Å². The zero-order valence-corrected chi connectivity index (χ0v) is 21.5. The first-order valence-electron chi connectivity index (χ1n) is 13.9. The second-order valence-electron chi connectivity index (χ2n) is 9.46. The van der Waals surface area contributed by atoms with Crippen molar-refractivity contribution in [2.24, 2.45) is 5.73 Å². The normalized spacial score (nSPS) is 13.5. The Morgan fingerprint density at radius 2 is 1.19 bits per heavy atom. The minimum Gasteiger partial charge on any atom is -0.464 e. The lowest BCUT2D eigenvalue weighted by molar-refractivity contribution is -0.144. The summed E-state index contributed by atoms with van der Waals surface area (Å²) in [5.74, 6) is -0.203. The van der Waals surface area contributed by atoms with Crippen molar-refractivity contribution in [1.82, 2.24) is 0 Å². The van der Waals surface area contributed by atoms with Crippen LogP contribution in [0.1, 0.15) is 142 Å². The van der Waals surface area contributed by atoms with Gasteiger partial charge in [0.25, 0.3) is 0 Å². The molecule has 0 saturated carbocycles. The Morgan fingerprint density at radius 1 is 0.750 bits per heavy atom. The predicted molar refractivity (Wildman–Crippen MR) is 138 cm³/mol. The van der Waals surface area contributed by atoms with Crippen molar-refractivity contribution in [3.8, 4) is 0 Å². The highest BCUT2D eigenvalue weighted by molar-refractivity contribution is 5.69. The molecule has 0 aromatic heterocycles. The third-order valence-corrected chi connectivity index (χ3v) is 6.17. The number of carbonyl (C=O) groups excluding carboxylic acids is 1. The van der Waals surface area contributed by atoms with E-state index in [1.165, 1.54) is 96.3 Å². The van der Waals surface area contributed by atoms with Crippen molar-refractivity contribution in [1.29, 1.82) is 0 Å². The van der Waals surface area contributed by atoms with Crippen molar-refractivity contribution in [2.75, 3.05) is 6.61 Å². The lowest BCUT2D eigenvalue weighted by atomic mass is 10.0. The van der Waals surface area contributed by atoms with Crippen LogP contribution in [0.5, 0.6) is 0 Å². The molecule has 2 atom stereocenters. The molecule has 0 radical (unpaired) electrons. The molecule has 4 heteroatoms. The summed E-state index contributed by atoms with van der Waals surface area (Å²) in [7, 11) is 0. The summed E-state index contributed by atoms with van der Waals surface area (Å²) in [5, 5.41) is 10.1. The molecule has 0 aromatic carbocycles. The highest BCUT2D eigenvalue weighted by atomic mass is 16.5. The molecule has 0 saturated heterocycles. The van der Waals surface area contributed by atoms with E-state index < -0.39 is 12.1 Å². The lowest BCUT2D eigenvalue weighted by Crippen LogP contribution is -2.38. The first-order valence-corrected chi connectivity index (χ1v) is 13.9. The third-order valence-electron chi connectivity index (χ3n) is 6.17. The van der Waals surface area contributed by atoms with E-state index in [4.69, 9.17) is 10.5 Å². The first kappa shape index (κ1) is 31.1. The Bertz CT molecular complexity index is 425. The van der Waals surface area contributed by atoms with Gasteiger partial charge in [0.2, 0.25) is 0 Å². The van der Waals surface area contributed by atoms with Crippen LogP contribution in [-0.2, 0) is 9.53 Å². The predicted octanol–water partition coefficient (Wildman–Crippen LogP) is 7.62. The molecule has 0 rings (SSSR count). The Hall–Kier alpha value is -0.870. The van der Waals surface area contributed by atoms with E-state index in [0.29, 0.717) is 6.42 Å². The molecular formula is C28H55NO3. The number of carbonyl (C=O) groups is 1. The highest BCUT2D eigenvalue weighted by Gasteiger charge is 2.14. The van der Waals surface area contributed by atoms with E-state index >= 15 is 0 Å². The first-order chi connectivity index (χ1) is 15.6. The summed E-state index contributed by atoms with van der Waals surface area (Å²) in [6.45, 7) is 4.56. The molecule has 0 heterocycles. The Labute approximate surface area is 199 Å². The van der Waals surface area contributed by atoms with Gasteiger partial charge in [0, 0.05) is 6.42 Å². The van der Waals surface area contributed by atoms with Gasteiger partial charge in [0.05, 0.1) is 12.1 Å². The van der Waals surface area contributed by atoms with Crippen LogP contribution < -0.4 is 5.73 Å². The van der Waals surface area contributed by atoms with Crippen LogP contribution in [-0.4, -0.2) is 29.8 Å². The van der Waals surface area contributed by atoms with Gasteiger partial charge in [-0.2, -0.15) is 0 Å². The van der Waals surface area contributed by atoms with Gasteiger partial charge in [-0.25, -0.2) is 0 Å². The average molecular weight is 454 g/mol. The van der Waals surface area contributed by atoms with E-state index in [-0.39, 0.29) is 12.6 Å². The third kappa shape index (κ3) is 22.3. The molecule has 0 aliphatic carbocycles. The van der Waals surface area contributed by atoms with Crippen LogP contribution in [0.25, 0.3) is 0 Å². The number of hydrogen-bond acceptors (Lipinski definition) is 4. The molecule has 0 amide bonds. The Kier molecular flexibility index (Phi) is 24.1. The van der Waals surface area contributed by atoms with Crippen molar-refractivity contribution in [3.63, 3.8) is 0 Å². The van der Waals surface area contributed by atoms with Crippen molar-refractivity contribution < 1.29 is 14.6 Å². The summed E-state index contributed by atoms with van der Waals surface area (Å²) >= 11 is 0. The second-order valence-corrected chi connectivity index (χ2v) is 9.46. The Morgan fingerprint density at radius 3 is 1.69 bits per heavy atom. The van der Waals surface area contributed by atoms with Crippen LogP contribution in [0.2, 0.25) is 0 Å². The van der Waals surface area contributed by atoms with Crippen molar-refractivity contribution in [2.45, 2.75) is 154 Å². The van der Waals surface area contributed by atoms with Crippen LogP contribution >= 0.6 is 0 Å². The fourth-order valence-corrected chi connectivity index (χ4v) is 3.89. The molecule has 190 valence electrons. The summed E-state index contributed by atoms with van der Waals surface area (Å²) in [6.07, 6.45) is 27.4. The molecule has 32 heavy (non-hydrogen) atoms. The number of unbranched alkanes of at least 4 members (excludes halogenated alkanes) is 17. The highest BCUT2D eigenvalue weighted by Crippen LogP contribution is 2.12. The number of aliphatic hydroxyl groups excluding tert-OH is 1. The standard InChI is InChI=1S/C28H55NO3/c1-3-5-7-9-11-12-13-14-15-16-18-19-21-23-27(30)26(29)25-32-28(31)24-22-20-17-10-8-6-4-2/h21,23,26-27,30H,3-20,22,24-25,29H2,1-2H3. The summed E-state index contributed by atoms with van der Waals surface area (Å²) in [4.78, 5) is 11.8. The Balaban J connectivity index is 3.53. The molecule has 0 aliphatic heterocycles. The molecule has 3 N–H and O–H groups in total. The zero-order chi connectivity index (χ0) is 23.7. The number of allylic oxidation sites excluding steroid dienone is 1.